The molecular formula is C15H19NO6S. The van der Waals surface area contributed by atoms with Crippen LogP contribution in [0.2, 0.25) is 0 Å². The van der Waals surface area contributed by atoms with Crippen molar-refractivity contribution in [1.29, 1.82) is 0 Å². The normalized spacial score (nSPS) is 21.3. The first-order valence-electron chi connectivity index (χ1n) is 7.07. The molecule has 0 unspecified atom stereocenters. The Morgan fingerprint density at radius 3 is 2.52 bits per heavy atom. The fourth-order valence-corrected chi connectivity index (χ4v) is 3.39. The Balaban J connectivity index is 2.47. The predicted molar refractivity (Wildman–Crippen MR) is 82.3 cm³/mol. The molecule has 23 heavy (non-hydrogen) atoms. The fourth-order valence-electron chi connectivity index (χ4n) is 2.74. The molecule has 0 spiro atoms. The fraction of sp³-hybridized carbons (Fsp3) is 0.467. The van der Waals surface area contributed by atoms with Gasteiger partial charge in [0.05, 0.1) is 17.6 Å². The van der Waals surface area contributed by atoms with Gasteiger partial charge in [0.2, 0.25) is 0 Å². The van der Waals surface area contributed by atoms with Gasteiger partial charge in [-0.2, -0.15) is 0 Å². The molecule has 2 atom stereocenters. The summed E-state index contributed by atoms with van der Waals surface area (Å²) >= 11 is 0. The molecule has 0 aromatic heterocycles. The van der Waals surface area contributed by atoms with E-state index in [1.54, 1.807) is 0 Å². The maximum atomic E-state index is 12.8. The molecule has 0 bridgehead atoms. The summed E-state index contributed by atoms with van der Waals surface area (Å²) in [5.41, 5.74) is 0.0516. The van der Waals surface area contributed by atoms with Crippen LogP contribution in [0.4, 0.5) is 0 Å². The third kappa shape index (κ3) is 3.47. The Morgan fingerprint density at radius 1 is 1.35 bits per heavy atom. The van der Waals surface area contributed by atoms with Gasteiger partial charge in [0.25, 0.3) is 5.91 Å². The highest BCUT2D eigenvalue weighted by Crippen LogP contribution is 2.29. The lowest BCUT2D eigenvalue weighted by Gasteiger charge is -2.22. The number of carbonyl (C=O) groups excluding carboxylic acids is 1. The summed E-state index contributed by atoms with van der Waals surface area (Å²) in [4.78, 5) is 25.4. The number of methoxy groups -OCH3 is 1. The lowest BCUT2D eigenvalue weighted by Crippen LogP contribution is -2.40. The van der Waals surface area contributed by atoms with Crippen molar-refractivity contribution in [3.05, 3.63) is 23.8 Å². The SMILES string of the molecule is COc1ccc(S(C)(=O)=O)cc1C(=O)N1C[C@H](C)C[C@@H]1C(=O)O. The van der Waals surface area contributed by atoms with Gasteiger partial charge in [0, 0.05) is 12.8 Å². The van der Waals surface area contributed by atoms with Crippen LogP contribution in [0.3, 0.4) is 0 Å². The van der Waals surface area contributed by atoms with Gasteiger partial charge in [-0.15, -0.1) is 0 Å². The van der Waals surface area contributed by atoms with E-state index in [4.69, 9.17) is 4.74 Å². The van der Waals surface area contributed by atoms with E-state index in [1.165, 1.54) is 30.2 Å². The van der Waals surface area contributed by atoms with E-state index < -0.39 is 27.8 Å². The number of carboxylic acids is 1. The van der Waals surface area contributed by atoms with E-state index in [-0.39, 0.29) is 22.1 Å². The molecule has 1 aromatic carbocycles. The zero-order valence-electron chi connectivity index (χ0n) is 13.1. The summed E-state index contributed by atoms with van der Waals surface area (Å²) in [7, 11) is -2.12. The van der Waals surface area contributed by atoms with Crippen molar-refractivity contribution in [2.45, 2.75) is 24.3 Å². The van der Waals surface area contributed by atoms with Gasteiger partial charge in [-0.25, -0.2) is 13.2 Å². The van der Waals surface area contributed by atoms with Crippen molar-refractivity contribution >= 4 is 21.7 Å². The van der Waals surface area contributed by atoms with E-state index in [0.29, 0.717) is 13.0 Å². The van der Waals surface area contributed by atoms with E-state index in [0.717, 1.165) is 6.26 Å². The number of rotatable bonds is 4. The van der Waals surface area contributed by atoms with Crippen LogP contribution in [0.1, 0.15) is 23.7 Å². The molecular weight excluding hydrogens is 322 g/mol. The minimum absolute atomic E-state index is 0.0132. The second kappa shape index (κ2) is 6.19. The number of hydrogen-bond donors (Lipinski definition) is 1. The number of benzene rings is 1. The van der Waals surface area contributed by atoms with Crippen LogP contribution in [-0.4, -0.2) is 56.3 Å². The van der Waals surface area contributed by atoms with Crippen molar-refractivity contribution in [1.82, 2.24) is 4.90 Å². The number of amides is 1. The molecule has 126 valence electrons. The molecule has 1 fully saturated rings. The topological polar surface area (TPSA) is 101 Å². The highest BCUT2D eigenvalue weighted by molar-refractivity contribution is 7.90. The number of hydrogen-bond acceptors (Lipinski definition) is 5. The van der Waals surface area contributed by atoms with Gasteiger partial charge in [0.1, 0.15) is 11.8 Å². The van der Waals surface area contributed by atoms with Crippen molar-refractivity contribution in [3.63, 3.8) is 0 Å². The van der Waals surface area contributed by atoms with Gasteiger partial charge in [0.15, 0.2) is 9.84 Å². The average Bonchev–Trinajstić information content (AvgIpc) is 2.87. The standard InChI is InChI=1S/C15H19NO6S/c1-9-6-12(15(18)19)16(8-9)14(17)11-7-10(23(3,20)21)4-5-13(11)22-2/h4-5,7,9,12H,6,8H2,1-3H3,(H,18,19)/t9-,12-/m1/s1. The molecule has 0 saturated carbocycles. The third-order valence-corrected chi connectivity index (χ3v) is 5.00. The number of ether oxygens (including phenoxy) is 1. The first kappa shape index (κ1) is 17.3. The summed E-state index contributed by atoms with van der Waals surface area (Å²) < 4.78 is 28.5. The molecule has 1 aromatic rings. The van der Waals surface area contributed by atoms with Gasteiger partial charge < -0.3 is 14.7 Å². The third-order valence-electron chi connectivity index (χ3n) is 3.89. The molecule has 1 heterocycles. The second-order valence-electron chi connectivity index (χ2n) is 5.79. The summed E-state index contributed by atoms with van der Waals surface area (Å²) in [5.74, 6) is -1.33. The Labute approximate surface area is 134 Å². The quantitative estimate of drug-likeness (QED) is 0.878. The Morgan fingerprint density at radius 2 is 2.00 bits per heavy atom. The maximum Gasteiger partial charge on any atom is 0.326 e. The average molecular weight is 341 g/mol. The zero-order valence-corrected chi connectivity index (χ0v) is 14.0. The van der Waals surface area contributed by atoms with Crippen LogP contribution < -0.4 is 4.74 Å². The van der Waals surface area contributed by atoms with E-state index in [9.17, 15) is 23.1 Å². The van der Waals surface area contributed by atoms with Crippen LogP contribution in [0.5, 0.6) is 5.75 Å². The van der Waals surface area contributed by atoms with Gasteiger partial charge in [-0.05, 0) is 30.5 Å². The monoisotopic (exact) mass is 341 g/mol. The van der Waals surface area contributed by atoms with E-state index >= 15 is 0 Å². The Kier molecular flexibility index (Phi) is 4.65. The van der Waals surface area contributed by atoms with Crippen LogP contribution >= 0.6 is 0 Å². The lowest BCUT2D eigenvalue weighted by atomic mass is 10.1. The zero-order chi connectivity index (χ0) is 17.4. The number of likely N-dealkylation sites (tertiary alicyclic amines) is 1. The molecule has 1 saturated heterocycles. The van der Waals surface area contributed by atoms with E-state index in [1.807, 2.05) is 6.92 Å². The molecule has 1 amide bonds. The maximum absolute atomic E-state index is 12.8. The van der Waals surface area contributed by atoms with Crippen LogP contribution in [0.25, 0.3) is 0 Å². The summed E-state index contributed by atoms with van der Waals surface area (Å²) in [6.07, 6.45) is 1.41. The number of nitrogens with zero attached hydrogens (tertiary/aromatic N) is 1. The molecule has 0 aliphatic carbocycles. The highest BCUT2D eigenvalue weighted by Gasteiger charge is 2.39. The first-order valence-corrected chi connectivity index (χ1v) is 8.96. The van der Waals surface area contributed by atoms with Gasteiger partial charge >= 0.3 is 5.97 Å². The van der Waals surface area contributed by atoms with Crippen molar-refractivity contribution in [2.24, 2.45) is 5.92 Å². The van der Waals surface area contributed by atoms with Crippen molar-refractivity contribution in [2.75, 3.05) is 19.9 Å². The predicted octanol–water partition coefficient (Wildman–Crippen LogP) is 1.03. The molecule has 2 rings (SSSR count). The van der Waals surface area contributed by atoms with Crippen molar-refractivity contribution < 1.29 is 27.9 Å². The summed E-state index contributed by atoms with van der Waals surface area (Å²) in [6, 6.07) is 3.08. The smallest absolute Gasteiger partial charge is 0.326 e. The second-order valence-corrected chi connectivity index (χ2v) is 7.80. The summed E-state index contributed by atoms with van der Waals surface area (Å²) in [5, 5.41) is 9.29. The van der Waals surface area contributed by atoms with Gasteiger partial charge in [-0.1, -0.05) is 6.92 Å². The van der Waals surface area contributed by atoms with Crippen LogP contribution in [0, 0.1) is 5.92 Å². The summed E-state index contributed by atoms with van der Waals surface area (Å²) in [6.45, 7) is 2.18. The first-order chi connectivity index (χ1) is 10.6. The number of carboxylic acid groups (broad SMARTS) is 1. The van der Waals surface area contributed by atoms with Crippen LogP contribution in [-0.2, 0) is 14.6 Å². The Bertz CT molecular complexity index is 742. The van der Waals surface area contributed by atoms with Crippen LogP contribution in [0.15, 0.2) is 23.1 Å². The molecule has 1 aliphatic heterocycles. The van der Waals surface area contributed by atoms with Crippen molar-refractivity contribution in [3.8, 4) is 5.75 Å². The lowest BCUT2D eigenvalue weighted by molar-refractivity contribution is -0.141. The molecule has 8 heteroatoms. The van der Waals surface area contributed by atoms with Gasteiger partial charge in [-0.3, -0.25) is 4.79 Å². The molecule has 0 radical (unpaired) electrons. The molecule has 1 N–H and O–H groups in total. The minimum atomic E-state index is -3.49. The molecule has 7 nitrogen and oxygen atoms in total. The number of aliphatic carboxylic acids is 1. The number of sulfone groups is 1. The minimum Gasteiger partial charge on any atom is -0.496 e. The Hall–Kier alpha value is -2.09. The highest BCUT2D eigenvalue weighted by atomic mass is 32.2. The largest absolute Gasteiger partial charge is 0.496 e. The molecule has 1 aliphatic rings. The number of carbonyl (C=O) groups is 2. The van der Waals surface area contributed by atoms with E-state index in [2.05, 4.69) is 0 Å².